The predicted octanol–water partition coefficient (Wildman–Crippen LogP) is 3.51. The number of benzene rings is 1. The van der Waals surface area contributed by atoms with Crippen LogP contribution in [0.4, 0.5) is 0 Å². The molecule has 112 valence electrons. The van der Waals surface area contributed by atoms with Gasteiger partial charge in [0.05, 0.1) is 19.3 Å². The van der Waals surface area contributed by atoms with Crippen molar-refractivity contribution in [1.82, 2.24) is 0 Å². The first-order valence-corrected chi connectivity index (χ1v) is 7.83. The summed E-state index contributed by atoms with van der Waals surface area (Å²) in [5.74, 6) is 1.61. The topological polar surface area (TPSA) is 44.5 Å². The number of hydrogen-bond acceptors (Lipinski definition) is 3. The molecule has 2 unspecified atom stereocenters. The van der Waals surface area contributed by atoms with Gasteiger partial charge in [-0.25, -0.2) is 0 Å². The molecule has 0 bridgehead atoms. The van der Waals surface area contributed by atoms with Crippen LogP contribution in [0.3, 0.4) is 0 Å². The highest BCUT2D eigenvalue weighted by Gasteiger charge is 2.21. The Morgan fingerprint density at radius 3 is 2.75 bits per heavy atom. The highest BCUT2D eigenvalue weighted by atomic mass is 16.5. The Morgan fingerprint density at radius 2 is 1.95 bits per heavy atom. The van der Waals surface area contributed by atoms with Crippen LogP contribution in [-0.4, -0.2) is 19.3 Å². The molecule has 1 aromatic carbocycles. The molecule has 3 nitrogen and oxygen atoms in total. The number of hydrogen-bond donors (Lipinski definition) is 1. The maximum Gasteiger partial charge on any atom is 0.123 e. The van der Waals surface area contributed by atoms with Gasteiger partial charge in [-0.15, -0.1) is 0 Å². The highest BCUT2D eigenvalue weighted by molar-refractivity contribution is 5.32. The molecule has 1 fully saturated rings. The molecule has 0 aliphatic heterocycles. The van der Waals surface area contributed by atoms with Crippen molar-refractivity contribution < 1.29 is 9.47 Å². The first-order valence-electron chi connectivity index (χ1n) is 7.83. The van der Waals surface area contributed by atoms with Gasteiger partial charge in [0.25, 0.3) is 0 Å². The van der Waals surface area contributed by atoms with E-state index in [1.807, 2.05) is 24.3 Å². The van der Waals surface area contributed by atoms with Crippen molar-refractivity contribution in [3.63, 3.8) is 0 Å². The molecule has 2 atom stereocenters. The normalized spacial score (nSPS) is 22.7. The lowest BCUT2D eigenvalue weighted by Crippen LogP contribution is -2.26. The van der Waals surface area contributed by atoms with Crippen LogP contribution in [0.25, 0.3) is 0 Å². The van der Waals surface area contributed by atoms with Crippen LogP contribution in [-0.2, 0) is 11.3 Å². The van der Waals surface area contributed by atoms with Crippen molar-refractivity contribution in [2.24, 2.45) is 11.7 Å². The van der Waals surface area contributed by atoms with E-state index in [-0.39, 0.29) is 0 Å². The Labute approximate surface area is 122 Å². The number of ether oxygens (including phenoxy) is 2. The zero-order valence-electron chi connectivity index (χ0n) is 12.5. The second-order valence-electron chi connectivity index (χ2n) is 5.68. The molecule has 0 radical (unpaired) electrons. The zero-order chi connectivity index (χ0) is 14.2. The maximum atomic E-state index is 5.99. The summed E-state index contributed by atoms with van der Waals surface area (Å²) in [5.41, 5.74) is 6.75. The summed E-state index contributed by atoms with van der Waals surface area (Å²) in [6, 6.07) is 7.96. The fraction of sp³-hybridized carbons (Fsp3) is 0.647. The van der Waals surface area contributed by atoms with Crippen LogP contribution >= 0.6 is 0 Å². The third kappa shape index (κ3) is 4.50. The second-order valence-corrected chi connectivity index (χ2v) is 5.68. The fourth-order valence-electron chi connectivity index (χ4n) is 2.82. The van der Waals surface area contributed by atoms with E-state index in [2.05, 4.69) is 6.92 Å². The van der Waals surface area contributed by atoms with Gasteiger partial charge >= 0.3 is 0 Å². The summed E-state index contributed by atoms with van der Waals surface area (Å²) in [5, 5.41) is 0. The van der Waals surface area contributed by atoms with Crippen LogP contribution in [0, 0.1) is 5.92 Å². The van der Waals surface area contributed by atoms with Gasteiger partial charge in [-0.1, -0.05) is 38.0 Å². The minimum atomic E-state index is 0.458. The van der Waals surface area contributed by atoms with Gasteiger partial charge in [-0.2, -0.15) is 0 Å². The molecule has 3 heteroatoms. The highest BCUT2D eigenvalue weighted by Crippen LogP contribution is 2.26. The van der Waals surface area contributed by atoms with Crippen molar-refractivity contribution in [3.05, 3.63) is 29.8 Å². The largest absolute Gasteiger partial charge is 0.493 e. The lowest BCUT2D eigenvalue weighted by Gasteiger charge is -2.28. The van der Waals surface area contributed by atoms with E-state index in [1.54, 1.807) is 0 Å². The van der Waals surface area contributed by atoms with Crippen LogP contribution in [0.5, 0.6) is 5.75 Å². The molecule has 2 N–H and O–H groups in total. The van der Waals surface area contributed by atoms with Crippen LogP contribution in [0.15, 0.2) is 24.3 Å². The molecule has 0 aromatic heterocycles. The maximum absolute atomic E-state index is 5.99. The SMILES string of the molecule is CC1CCCCC1OCCCOc1ccccc1CN. The quantitative estimate of drug-likeness (QED) is 0.776. The predicted molar refractivity (Wildman–Crippen MR) is 81.8 cm³/mol. The molecule has 0 heterocycles. The summed E-state index contributed by atoms with van der Waals surface area (Å²) in [4.78, 5) is 0. The van der Waals surface area contributed by atoms with E-state index in [4.69, 9.17) is 15.2 Å². The van der Waals surface area contributed by atoms with E-state index in [0.29, 0.717) is 25.2 Å². The van der Waals surface area contributed by atoms with Crippen LogP contribution in [0.2, 0.25) is 0 Å². The van der Waals surface area contributed by atoms with Crippen LogP contribution in [0.1, 0.15) is 44.6 Å². The Bertz CT molecular complexity index is 394. The second kappa shape index (κ2) is 8.28. The monoisotopic (exact) mass is 277 g/mol. The molecule has 0 saturated heterocycles. The van der Waals surface area contributed by atoms with E-state index >= 15 is 0 Å². The third-order valence-electron chi connectivity index (χ3n) is 4.10. The van der Waals surface area contributed by atoms with E-state index < -0.39 is 0 Å². The summed E-state index contributed by atoms with van der Waals surface area (Å²) < 4.78 is 11.8. The van der Waals surface area contributed by atoms with Gasteiger partial charge < -0.3 is 15.2 Å². The molecule has 1 aliphatic carbocycles. The van der Waals surface area contributed by atoms with E-state index in [1.165, 1.54) is 25.7 Å². The molecule has 0 amide bonds. The molecule has 20 heavy (non-hydrogen) atoms. The van der Waals surface area contributed by atoms with Crippen molar-refractivity contribution >= 4 is 0 Å². The minimum absolute atomic E-state index is 0.458. The Morgan fingerprint density at radius 1 is 1.15 bits per heavy atom. The first-order chi connectivity index (χ1) is 9.81. The average molecular weight is 277 g/mol. The van der Waals surface area contributed by atoms with Gasteiger partial charge in [0.15, 0.2) is 0 Å². The van der Waals surface area contributed by atoms with Crippen molar-refractivity contribution in [2.75, 3.05) is 13.2 Å². The molecular weight excluding hydrogens is 250 g/mol. The average Bonchev–Trinajstić information content (AvgIpc) is 2.49. The van der Waals surface area contributed by atoms with Gasteiger partial charge in [0, 0.05) is 18.5 Å². The summed E-state index contributed by atoms with van der Waals surface area (Å²) >= 11 is 0. The smallest absolute Gasteiger partial charge is 0.123 e. The van der Waals surface area contributed by atoms with Gasteiger partial charge in [0.1, 0.15) is 5.75 Å². The minimum Gasteiger partial charge on any atom is -0.493 e. The molecule has 1 aliphatic rings. The lowest BCUT2D eigenvalue weighted by atomic mass is 9.88. The number of nitrogens with two attached hydrogens (primary N) is 1. The van der Waals surface area contributed by atoms with E-state index in [0.717, 1.165) is 24.3 Å². The van der Waals surface area contributed by atoms with Crippen molar-refractivity contribution in [3.8, 4) is 5.75 Å². The van der Waals surface area contributed by atoms with Crippen LogP contribution < -0.4 is 10.5 Å². The number of para-hydroxylation sites is 1. The molecule has 1 saturated carbocycles. The molecule has 0 spiro atoms. The van der Waals surface area contributed by atoms with Crippen molar-refractivity contribution in [2.45, 2.75) is 51.7 Å². The summed E-state index contributed by atoms with van der Waals surface area (Å²) in [7, 11) is 0. The van der Waals surface area contributed by atoms with Gasteiger partial charge in [0.2, 0.25) is 0 Å². The molecule has 2 rings (SSSR count). The Balaban J connectivity index is 1.64. The summed E-state index contributed by atoms with van der Waals surface area (Å²) in [6.45, 7) is 4.31. The molecular formula is C17H27NO2. The lowest BCUT2D eigenvalue weighted by molar-refractivity contribution is -0.00915. The summed E-state index contributed by atoms with van der Waals surface area (Å²) in [6.07, 6.45) is 6.60. The van der Waals surface area contributed by atoms with E-state index in [9.17, 15) is 0 Å². The third-order valence-corrected chi connectivity index (χ3v) is 4.10. The van der Waals surface area contributed by atoms with Gasteiger partial charge in [-0.3, -0.25) is 0 Å². The zero-order valence-corrected chi connectivity index (χ0v) is 12.5. The van der Waals surface area contributed by atoms with Crippen molar-refractivity contribution in [1.29, 1.82) is 0 Å². The van der Waals surface area contributed by atoms with Gasteiger partial charge in [-0.05, 0) is 24.8 Å². The first kappa shape index (κ1) is 15.3. The Hall–Kier alpha value is -1.06. The fourth-order valence-corrected chi connectivity index (χ4v) is 2.82. The molecule has 1 aromatic rings. The number of rotatable bonds is 7. The Kier molecular flexibility index (Phi) is 6.34. The standard InChI is InChI=1S/C17H27NO2/c1-14-7-2-4-9-16(14)19-11-6-12-20-17-10-5-3-8-15(17)13-18/h3,5,8,10,14,16H,2,4,6-7,9,11-13,18H2,1H3.